The van der Waals surface area contributed by atoms with Crippen LogP contribution in [0.5, 0.6) is 0 Å². The molecule has 1 amide bonds. The van der Waals surface area contributed by atoms with Gasteiger partial charge in [-0.1, -0.05) is 26.0 Å². The molecule has 186 valence electrons. The maximum absolute atomic E-state index is 12.9. The zero-order chi connectivity index (χ0) is 25.5. The molecule has 34 heavy (non-hydrogen) atoms. The minimum Gasteiger partial charge on any atom is -0.461 e. The van der Waals surface area contributed by atoms with Crippen LogP contribution in [-0.4, -0.2) is 45.5 Å². The molecule has 1 aliphatic heterocycles. The molecule has 2 aromatic rings. The Hall–Kier alpha value is -3.04. The van der Waals surface area contributed by atoms with Crippen molar-refractivity contribution in [3.8, 4) is 0 Å². The van der Waals surface area contributed by atoms with Crippen LogP contribution in [0.1, 0.15) is 74.4 Å². The first-order chi connectivity index (χ1) is 15.6. The summed E-state index contributed by atoms with van der Waals surface area (Å²) in [6.45, 7) is 11.6. The van der Waals surface area contributed by atoms with Gasteiger partial charge in [-0.25, -0.2) is 9.59 Å². The number of carbonyl (C=O) groups excluding carboxylic acids is 2. The number of hydrogen-bond donors (Lipinski definition) is 0. The van der Waals surface area contributed by atoms with Crippen LogP contribution >= 0.6 is 0 Å². The Bertz CT molecular complexity index is 1070. The largest absolute Gasteiger partial charge is 0.461 e. The van der Waals surface area contributed by atoms with Crippen LogP contribution in [0.3, 0.4) is 0 Å². The highest BCUT2D eigenvalue weighted by Crippen LogP contribution is 2.37. The van der Waals surface area contributed by atoms with Gasteiger partial charge in [-0.15, -0.1) is 0 Å². The third-order valence-electron chi connectivity index (χ3n) is 5.36. The number of ether oxygens (including phenoxy) is 2. The summed E-state index contributed by atoms with van der Waals surface area (Å²) in [6.07, 6.45) is -4.93. The van der Waals surface area contributed by atoms with E-state index in [9.17, 15) is 22.8 Å². The summed E-state index contributed by atoms with van der Waals surface area (Å²) in [5.41, 5.74) is -0.0713. The minimum atomic E-state index is -4.42. The van der Waals surface area contributed by atoms with Crippen molar-refractivity contribution in [3.05, 3.63) is 52.3 Å². The fourth-order valence-corrected chi connectivity index (χ4v) is 4.11. The van der Waals surface area contributed by atoms with Gasteiger partial charge in [0, 0.05) is 17.5 Å². The van der Waals surface area contributed by atoms with Crippen molar-refractivity contribution in [2.24, 2.45) is 0 Å². The van der Waals surface area contributed by atoms with Gasteiger partial charge in [-0.3, -0.25) is 4.68 Å². The molecular weight excluding hydrogens is 451 g/mol. The maximum atomic E-state index is 12.9. The molecule has 0 N–H and O–H groups in total. The van der Waals surface area contributed by atoms with Crippen molar-refractivity contribution < 1.29 is 32.2 Å². The average Bonchev–Trinajstić information content (AvgIpc) is 3.05. The molecule has 0 saturated carbocycles. The Balaban J connectivity index is 2.01. The Labute approximate surface area is 196 Å². The third kappa shape index (κ3) is 5.53. The van der Waals surface area contributed by atoms with E-state index in [1.807, 2.05) is 13.8 Å². The highest BCUT2D eigenvalue weighted by molar-refractivity contribution is 5.89. The molecule has 0 bridgehead atoms. The second-order valence-corrected chi connectivity index (χ2v) is 9.97. The SMILES string of the molecule is CCOC(=O)c1nn(Cc2ccc(C(F)(F)F)cc2)c2c1CN(C(=O)OC(C)(C)C)CC2(C)C. The maximum Gasteiger partial charge on any atom is 0.416 e. The number of amides is 1. The number of carbonyl (C=O) groups is 2. The molecule has 0 radical (unpaired) electrons. The molecule has 0 saturated heterocycles. The molecule has 1 aromatic heterocycles. The van der Waals surface area contributed by atoms with Gasteiger partial charge in [-0.2, -0.15) is 18.3 Å². The summed E-state index contributed by atoms with van der Waals surface area (Å²) in [5, 5.41) is 4.48. The third-order valence-corrected chi connectivity index (χ3v) is 5.36. The number of aromatic nitrogens is 2. The van der Waals surface area contributed by atoms with E-state index in [1.165, 1.54) is 17.0 Å². The van der Waals surface area contributed by atoms with E-state index in [0.29, 0.717) is 17.7 Å². The number of halogens is 3. The molecule has 10 heteroatoms. The van der Waals surface area contributed by atoms with Gasteiger partial charge >= 0.3 is 18.2 Å². The number of alkyl halides is 3. The fraction of sp³-hybridized carbons (Fsp3) is 0.542. The molecule has 0 fully saturated rings. The van der Waals surface area contributed by atoms with Crippen molar-refractivity contribution in [1.82, 2.24) is 14.7 Å². The number of rotatable bonds is 4. The summed E-state index contributed by atoms with van der Waals surface area (Å²) >= 11 is 0. The molecule has 0 aliphatic carbocycles. The van der Waals surface area contributed by atoms with Crippen LogP contribution in [0, 0.1) is 0 Å². The number of esters is 1. The topological polar surface area (TPSA) is 73.7 Å². The Morgan fingerprint density at radius 2 is 1.74 bits per heavy atom. The predicted octanol–water partition coefficient (Wildman–Crippen LogP) is 5.16. The lowest BCUT2D eigenvalue weighted by Crippen LogP contribution is -2.47. The molecule has 0 spiro atoms. The van der Waals surface area contributed by atoms with Gasteiger partial charge in [0.05, 0.1) is 31.0 Å². The zero-order valence-corrected chi connectivity index (χ0v) is 20.2. The van der Waals surface area contributed by atoms with Crippen LogP contribution in [0.15, 0.2) is 24.3 Å². The lowest BCUT2D eigenvalue weighted by atomic mass is 9.82. The Morgan fingerprint density at radius 1 is 1.12 bits per heavy atom. The van der Waals surface area contributed by atoms with E-state index in [2.05, 4.69) is 5.10 Å². The van der Waals surface area contributed by atoms with Gasteiger partial charge in [0.2, 0.25) is 0 Å². The molecule has 0 unspecified atom stereocenters. The first kappa shape index (κ1) is 25.6. The summed E-state index contributed by atoms with van der Waals surface area (Å²) in [5.74, 6) is -0.619. The van der Waals surface area contributed by atoms with E-state index >= 15 is 0 Å². The number of nitrogens with zero attached hydrogens (tertiary/aromatic N) is 3. The quantitative estimate of drug-likeness (QED) is 0.565. The molecule has 7 nitrogen and oxygen atoms in total. The minimum absolute atomic E-state index is 0.0881. The Morgan fingerprint density at radius 3 is 2.26 bits per heavy atom. The van der Waals surface area contributed by atoms with Crippen LogP contribution in [0.25, 0.3) is 0 Å². The lowest BCUT2D eigenvalue weighted by Gasteiger charge is -2.39. The zero-order valence-electron chi connectivity index (χ0n) is 20.2. The van der Waals surface area contributed by atoms with Crippen molar-refractivity contribution >= 4 is 12.1 Å². The van der Waals surface area contributed by atoms with E-state index < -0.39 is 34.8 Å². The molecule has 0 atom stereocenters. The molecule has 1 aliphatic rings. The van der Waals surface area contributed by atoms with Gasteiger partial charge in [0.25, 0.3) is 0 Å². The van der Waals surface area contributed by atoms with Gasteiger partial charge < -0.3 is 14.4 Å². The molecule has 3 rings (SSSR count). The lowest BCUT2D eigenvalue weighted by molar-refractivity contribution is -0.137. The standard InChI is InChI=1S/C24H30F3N3O4/c1-7-33-20(31)18-17-13-29(21(32)34-22(2,3)4)14-23(5,6)19(17)30(28-18)12-15-8-10-16(11-9-15)24(25,26)27/h8-11H,7,12-14H2,1-6H3. The monoisotopic (exact) mass is 481 g/mol. The molecule has 1 aromatic carbocycles. The normalized spacial score (nSPS) is 15.6. The second-order valence-electron chi connectivity index (χ2n) is 9.97. The van der Waals surface area contributed by atoms with Crippen molar-refractivity contribution in [2.45, 2.75) is 71.8 Å². The van der Waals surface area contributed by atoms with Gasteiger partial charge in [-0.05, 0) is 45.4 Å². The Kier molecular flexibility index (Phi) is 6.74. The van der Waals surface area contributed by atoms with E-state index in [4.69, 9.17) is 9.47 Å². The van der Waals surface area contributed by atoms with Crippen LogP contribution in [0.2, 0.25) is 0 Å². The van der Waals surface area contributed by atoms with Crippen molar-refractivity contribution in [3.63, 3.8) is 0 Å². The van der Waals surface area contributed by atoms with Crippen LogP contribution in [0.4, 0.5) is 18.0 Å². The number of fused-ring (bicyclic) bond motifs is 1. The molecule has 2 heterocycles. The average molecular weight is 482 g/mol. The summed E-state index contributed by atoms with van der Waals surface area (Å²) < 4.78 is 51.1. The van der Waals surface area contributed by atoms with Crippen molar-refractivity contribution in [1.29, 1.82) is 0 Å². The predicted molar refractivity (Wildman–Crippen MR) is 118 cm³/mol. The number of hydrogen-bond acceptors (Lipinski definition) is 5. The van der Waals surface area contributed by atoms with E-state index in [0.717, 1.165) is 17.8 Å². The summed E-state index contributed by atoms with van der Waals surface area (Å²) in [7, 11) is 0. The van der Waals surface area contributed by atoms with Crippen LogP contribution in [-0.2, 0) is 34.2 Å². The van der Waals surface area contributed by atoms with E-state index in [1.54, 1.807) is 32.4 Å². The summed E-state index contributed by atoms with van der Waals surface area (Å²) in [4.78, 5) is 27.0. The smallest absolute Gasteiger partial charge is 0.416 e. The van der Waals surface area contributed by atoms with Crippen molar-refractivity contribution in [2.75, 3.05) is 13.2 Å². The highest BCUT2D eigenvalue weighted by atomic mass is 19.4. The van der Waals surface area contributed by atoms with E-state index in [-0.39, 0.29) is 25.4 Å². The van der Waals surface area contributed by atoms with Crippen LogP contribution < -0.4 is 0 Å². The fourth-order valence-electron chi connectivity index (χ4n) is 4.11. The van der Waals surface area contributed by atoms with Gasteiger partial charge in [0.1, 0.15) is 5.60 Å². The summed E-state index contributed by atoms with van der Waals surface area (Å²) in [6, 6.07) is 4.83. The van der Waals surface area contributed by atoms with Gasteiger partial charge in [0.15, 0.2) is 5.69 Å². The second kappa shape index (κ2) is 8.96. The first-order valence-corrected chi connectivity index (χ1v) is 11.0. The first-order valence-electron chi connectivity index (χ1n) is 11.0. The molecular formula is C24H30F3N3O4. The number of benzene rings is 1. The highest BCUT2D eigenvalue weighted by Gasteiger charge is 2.42.